The van der Waals surface area contributed by atoms with Crippen LogP contribution in [0.4, 0.5) is 0 Å². The van der Waals surface area contributed by atoms with Gasteiger partial charge >= 0.3 is 0 Å². The summed E-state index contributed by atoms with van der Waals surface area (Å²) in [5, 5.41) is 0. The Morgan fingerprint density at radius 1 is 0.516 bits per heavy atom. The van der Waals surface area contributed by atoms with Crippen LogP contribution in [-0.4, -0.2) is 0 Å². The lowest BCUT2D eigenvalue weighted by Crippen LogP contribution is -2.33. The molecule has 0 aliphatic carbocycles. The normalized spacial score (nSPS) is 11.3. The van der Waals surface area contributed by atoms with Crippen molar-refractivity contribution in [1.82, 2.24) is 0 Å². The molecule has 0 saturated heterocycles. The molecular formula is C30H56N+. The summed E-state index contributed by atoms with van der Waals surface area (Å²) in [5.74, 6) is 0. The molecule has 1 rings (SSSR count). The molecule has 0 saturated carbocycles. The summed E-state index contributed by atoms with van der Waals surface area (Å²) in [7, 11) is 0. The van der Waals surface area contributed by atoms with Crippen LogP contribution in [0.15, 0.2) is 24.5 Å². The third-order valence-corrected chi connectivity index (χ3v) is 6.76. The monoisotopic (exact) mass is 430 g/mol. The first-order chi connectivity index (χ1) is 15.4. The van der Waals surface area contributed by atoms with E-state index in [2.05, 4.69) is 42.9 Å². The number of rotatable bonds is 23. The highest BCUT2D eigenvalue weighted by molar-refractivity contribution is 5.05. The zero-order valence-corrected chi connectivity index (χ0v) is 21.5. The van der Waals surface area contributed by atoms with Crippen LogP contribution in [-0.2, 0) is 13.0 Å². The van der Waals surface area contributed by atoms with Crippen LogP contribution >= 0.6 is 0 Å². The van der Waals surface area contributed by atoms with Gasteiger partial charge in [-0.15, -0.1) is 0 Å². The second kappa shape index (κ2) is 22.3. The summed E-state index contributed by atoms with van der Waals surface area (Å²) < 4.78 is 2.42. The van der Waals surface area contributed by atoms with Crippen molar-refractivity contribution in [2.75, 3.05) is 0 Å². The van der Waals surface area contributed by atoms with Crippen LogP contribution in [0.5, 0.6) is 0 Å². The molecule has 0 aromatic carbocycles. The Balaban J connectivity index is 1.87. The van der Waals surface area contributed by atoms with E-state index in [0.29, 0.717) is 0 Å². The first-order valence-corrected chi connectivity index (χ1v) is 14.3. The molecule has 0 aliphatic rings. The largest absolute Gasteiger partial charge is 0.205 e. The number of nitrogens with zero attached hydrogens (tertiary/aromatic N) is 1. The van der Waals surface area contributed by atoms with Gasteiger partial charge in [0.15, 0.2) is 12.4 Å². The summed E-state index contributed by atoms with van der Waals surface area (Å²) in [4.78, 5) is 0. The van der Waals surface area contributed by atoms with Crippen molar-refractivity contribution in [3.63, 3.8) is 0 Å². The standard InChI is InChI=1S/C30H56N/c1-3-5-7-9-10-11-12-13-14-15-16-17-18-19-21-23-27-31-28-24-26-30(29-31)25-22-20-8-6-4-2/h24,26,28-29H,3-23,25,27H2,1-2H3/q+1. The van der Waals surface area contributed by atoms with Crippen molar-refractivity contribution >= 4 is 0 Å². The lowest BCUT2D eigenvalue weighted by atomic mass is 10.0. The van der Waals surface area contributed by atoms with Gasteiger partial charge < -0.3 is 0 Å². The highest BCUT2D eigenvalue weighted by Crippen LogP contribution is 2.14. The maximum atomic E-state index is 2.42. The lowest BCUT2D eigenvalue weighted by molar-refractivity contribution is -0.697. The predicted octanol–water partition coefficient (Wildman–Crippen LogP) is 9.75. The van der Waals surface area contributed by atoms with E-state index >= 15 is 0 Å². The highest BCUT2D eigenvalue weighted by atomic mass is 14.9. The van der Waals surface area contributed by atoms with Crippen molar-refractivity contribution in [3.8, 4) is 0 Å². The number of hydrogen-bond acceptors (Lipinski definition) is 0. The molecule has 0 unspecified atom stereocenters. The Morgan fingerprint density at radius 2 is 0.935 bits per heavy atom. The zero-order valence-electron chi connectivity index (χ0n) is 21.5. The van der Waals surface area contributed by atoms with Gasteiger partial charge in [-0.2, -0.15) is 0 Å². The predicted molar refractivity (Wildman–Crippen MR) is 139 cm³/mol. The van der Waals surface area contributed by atoms with Crippen molar-refractivity contribution in [2.45, 2.75) is 162 Å². The van der Waals surface area contributed by atoms with Gasteiger partial charge in [0.25, 0.3) is 0 Å². The molecule has 0 spiro atoms. The summed E-state index contributed by atoms with van der Waals surface area (Å²) in [6, 6.07) is 4.55. The van der Waals surface area contributed by atoms with E-state index in [1.165, 1.54) is 153 Å². The molecule has 0 amide bonds. The maximum absolute atomic E-state index is 2.42. The average molecular weight is 431 g/mol. The van der Waals surface area contributed by atoms with E-state index in [0.717, 1.165) is 0 Å². The molecule has 180 valence electrons. The number of hydrogen-bond donors (Lipinski definition) is 0. The fourth-order valence-corrected chi connectivity index (χ4v) is 4.64. The molecule has 1 heteroatoms. The van der Waals surface area contributed by atoms with Crippen molar-refractivity contribution in [1.29, 1.82) is 0 Å². The molecule has 0 fully saturated rings. The molecule has 31 heavy (non-hydrogen) atoms. The SMILES string of the molecule is CCCCCCCCCCCCCCCCCC[n+]1cccc(CCCCCCC)c1. The molecule has 1 nitrogen and oxygen atoms in total. The lowest BCUT2D eigenvalue weighted by Gasteiger charge is -2.04. The summed E-state index contributed by atoms with van der Waals surface area (Å²) in [5.41, 5.74) is 1.52. The number of aryl methyl sites for hydroxylation is 2. The van der Waals surface area contributed by atoms with Crippen LogP contribution in [0, 0.1) is 0 Å². The van der Waals surface area contributed by atoms with Crippen molar-refractivity contribution in [3.05, 3.63) is 30.1 Å². The van der Waals surface area contributed by atoms with Gasteiger partial charge in [0.05, 0.1) is 0 Å². The van der Waals surface area contributed by atoms with E-state index < -0.39 is 0 Å². The smallest absolute Gasteiger partial charge is 0.171 e. The molecule has 1 aromatic rings. The van der Waals surface area contributed by atoms with E-state index in [4.69, 9.17) is 0 Å². The van der Waals surface area contributed by atoms with Gasteiger partial charge in [0.1, 0.15) is 6.54 Å². The molecule has 1 heterocycles. The van der Waals surface area contributed by atoms with Gasteiger partial charge in [0, 0.05) is 18.1 Å². The van der Waals surface area contributed by atoms with Crippen molar-refractivity contribution in [2.24, 2.45) is 0 Å². The molecule has 0 bridgehead atoms. The summed E-state index contributed by atoms with van der Waals surface area (Å²) in [6.45, 7) is 5.79. The number of pyridine rings is 1. The number of unbranched alkanes of at least 4 members (excludes halogenated alkanes) is 19. The minimum atomic E-state index is 1.20. The quantitative estimate of drug-likeness (QED) is 0.120. The van der Waals surface area contributed by atoms with Gasteiger partial charge in [-0.05, 0) is 25.3 Å². The molecule has 0 atom stereocenters. The Morgan fingerprint density at radius 3 is 1.42 bits per heavy atom. The van der Waals surface area contributed by atoms with E-state index in [1.54, 1.807) is 0 Å². The first kappa shape index (κ1) is 28.2. The van der Waals surface area contributed by atoms with Crippen molar-refractivity contribution < 1.29 is 4.57 Å². The second-order valence-electron chi connectivity index (χ2n) is 9.92. The second-order valence-corrected chi connectivity index (χ2v) is 9.92. The van der Waals surface area contributed by atoms with Gasteiger partial charge in [0.2, 0.25) is 0 Å². The third kappa shape index (κ3) is 18.4. The fourth-order valence-electron chi connectivity index (χ4n) is 4.64. The Bertz CT molecular complexity index is 481. The molecule has 1 aromatic heterocycles. The minimum absolute atomic E-state index is 1.20. The van der Waals surface area contributed by atoms with Gasteiger partial charge in [-0.3, -0.25) is 0 Å². The van der Waals surface area contributed by atoms with Crippen LogP contribution in [0.2, 0.25) is 0 Å². The van der Waals surface area contributed by atoms with E-state index in [1.807, 2.05) is 0 Å². The van der Waals surface area contributed by atoms with E-state index in [-0.39, 0.29) is 0 Å². The summed E-state index contributed by atoms with van der Waals surface area (Å²) >= 11 is 0. The van der Waals surface area contributed by atoms with Crippen LogP contribution < -0.4 is 4.57 Å². The zero-order chi connectivity index (χ0) is 22.2. The molecule has 0 N–H and O–H groups in total. The highest BCUT2D eigenvalue weighted by Gasteiger charge is 2.03. The Labute approximate surface area is 196 Å². The Hall–Kier alpha value is -0.850. The van der Waals surface area contributed by atoms with Crippen LogP contribution in [0.1, 0.15) is 154 Å². The molecule has 0 aliphatic heterocycles. The maximum Gasteiger partial charge on any atom is 0.171 e. The summed E-state index contributed by atoms with van der Waals surface area (Å²) in [6.07, 6.45) is 35.9. The third-order valence-electron chi connectivity index (χ3n) is 6.76. The van der Waals surface area contributed by atoms with Gasteiger partial charge in [-0.1, -0.05) is 129 Å². The minimum Gasteiger partial charge on any atom is -0.205 e. The number of aromatic nitrogens is 1. The average Bonchev–Trinajstić information content (AvgIpc) is 2.79. The topological polar surface area (TPSA) is 3.88 Å². The van der Waals surface area contributed by atoms with Crippen LogP contribution in [0.3, 0.4) is 0 Å². The van der Waals surface area contributed by atoms with E-state index in [9.17, 15) is 0 Å². The molecular weight excluding hydrogens is 374 g/mol. The fraction of sp³-hybridized carbons (Fsp3) is 0.833. The first-order valence-electron chi connectivity index (χ1n) is 14.3. The van der Waals surface area contributed by atoms with Gasteiger partial charge in [-0.25, -0.2) is 4.57 Å². The molecule has 0 radical (unpaired) electrons. The van der Waals surface area contributed by atoms with Crippen LogP contribution in [0.25, 0.3) is 0 Å². The Kier molecular flexibility index (Phi) is 20.3.